The molecule has 0 aliphatic carbocycles. The van der Waals surface area contributed by atoms with Crippen LogP contribution in [0.3, 0.4) is 0 Å². The fraction of sp³-hybridized carbons (Fsp3) is 0.556. The van der Waals surface area contributed by atoms with Crippen LogP contribution in [-0.2, 0) is 0 Å². The number of alkyl halides is 3. The Morgan fingerprint density at radius 1 is 1.56 bits per heavy atom. The molecular formula is C9H11F3N2OS. The second-order valence-electron chi connectivity index (χ2n) is 3.19. The maximum Gasteiger partial charge on any atom is 0.406 e. The van der Waals surface area contributed by atoms with Gasteiger partial charge in [0.1, 0.15) is 6.54 Å². The van der Waals surface area contributed by atoms with Gasteiger partial charge in [0.2, 0.25) is 0 Å². The number of ketones is 1. The summed E-state index contributed by atoms with van der Waals surface area (Å²) in [5.41, 5.74) is 0. The second-order valence-corrected chi connectivity index (χ2v) is 4.20. The van der Waals surface area contributed by atoms with E-state index in [0.29, 0.717) is 4.88 Å². The molecule has 7 heteroatoms. The SMILES string of the molecule is CCN(CC(F)(F)F)c1ncc(C(C)=O)s1. The van der Waals surface area contributed by atoms with Crippen molar-refractivity contribution in [2.45, 2.75) is 20.0 Å². The lowest BCUT2D eigenvalue weighted by atomic mass is 10.4. The number of hydrogen-bond acceptors (Lipinski definition) is 4. The summed E-state index contributed by atoms with van der Waals surface area (Å²) in [4.78, 5) is 16.3. The Hall–Kier alpha value is -1.11. The van der Waals surface area contributed by atoms with Gasteiger partial charge in [-0.2, -0.15) is 13.2 Å². The van der Waals surface area contributed by atoms with Crippen molar-refractivity contribution in [3.8, 4) is 0 Å². The standard InChI is InChI=1S/C9H11F3N2OS/c1-3-14(5-9(10,11)12)8-13-4-7(16-8)6(2)15/h4H,3,5H2,1-2H3. The molecule has 1 aromatic heterocycles. The molecule has 1 heterocycles. The third-order valence-electron chi connectivity index (χ3n) is 1.86. The topological polar surface area (TPSA) is 33.2 Å². The van der Waals surface area contributed by atoms with Gasteiger partial charge < -0.3 is 4.90 Å². The summed E-state index contributed by atoms with van der Waals surface area (Å²) in [7, 11) is 0. The highest BCUT2D eigenvalue weighted by atomic mass is 32.1. The molecule has 0 saturated heterocycles. The number of thiazole rings is 1. The average Bonchev–Trinajstić information content (AvgIpc) is 2.61. The van der Waals surface area contributed by atoms with Crippen LogP contribution in [-0.4, -0.2) is 30.0 Å². The molecule has 0 aromatic carbocycles. The van der Waals surface area contributed by atoms with Crippen LogP contribution in [0.5, 0.6) is 0 Å². The van der Waals surface area contributed by atoms with Gasteiger partial charge in [0.05, 0.1) is 11.1 Å². The van der Waals surface area contributed by atoms with Gasteiger partial charge in [-0.05, 0) is 6.92 Å². The lowest BCUT2D eigenvalue weighted by Crippen LogP contribution is -2.33. The number of carbonyl (C=O) groups is 1. The highest BCUT2D eigenvalue weighted by Gasteiger charge is 2.31. The van der Waals surface area contributed by atoms with E-state index in [4.69, 9.17) is 0 Å². The Balaban J connectivity index is 2.83. The van der Waals surface area contributed by atoms with E-state index in [1.54, 1.807) is 6.92 Å². The van der Waals surface area contributed by atoms with Crippen molar-refractivity contribution in [1.82, 2.24) is 4.98 Å². The molecular weight excluding hydrogens is 241 g/mol. The minimum absolute atomic E-state index is 0.188. The Morgan fingerprint density at radius 2 is 2.19 bits per heavy atom. The Kier molecular flexibility index (Phi) is 3.90. The molecule has 0 amide bonds. The van der Waals surface area contributed by atoms with Gasteiger partial charge in [0.15, 0.2) is 10.9 Å². The summed E-state index contributed by atoms with van der Waals surface area (Å²) < 4.78 is 36.6. The van der Waals surface area contributed by atoms with Crippen molar-refractivity contribution in [2.75, 3.05) is 18.0 Å². The van der Waals surface area contributed by atoms with Crippen LogP contribution in [0.15, 0.2) is 6.20 Å². The van der Waals surface area contributed by atoms with E-state index in [1.165, 1.54) is 13.1 Å². The van der Waals surface area contributed by atoms with E-state index in [2.05, 4.69) is 4.98 Å². The molecule has 0 bridgehead atoms. The number of hydrogen-bond donors (Lipinski definition) is 0. The Morgan fingerprint density at radius 3 is 2.56 bits per heavy atom. The second kappa shape index (κ2) is 4.82. The van der Waals surface area contributed by atoms with Crippen LogP contribution < -0.4 is 4.90 Å². The number of carbonyl (C=O) groups excluding carboxylic acids is 1. The Labute approximate surface area is 94.9 Å². The first kappa shape index (κ1) is 13.0. The maximum absolute atomic E-state index is 12.2. The van der Waals surface area contributed by atoms with Crippen LogP contribution in [0.4, 0.5) is 18.3 Å². The molecule has 90 valence electrons. The number of aromatic nitrogens is 1. The zero-order valence-electron chi connectivity index (χ0n) is 8.84. The predicted molar refractivity (Wildman–Crippen MR) is 56.1 cm³/mol. The molecule has 0 aliphatic rings. The van der Waals surface area contributed by atoms with Crippen molar-refractivity contribution in [3.63, 3.8) is 0 Å². The normalized spacial score (nSPS) is 11.6. The summed E-state index contributed by atoms with van der Waals surface area (Å²) in [6.45, 7) is 2.12. The van der Waals surface area contributed by atoms with Crippen molar-refractivity contribution >= 4 is 22.3 Å². The molecule has 0 fully saturated rings. The average molecular weight is 252 g/mol. The van der Waals surface area contributed by atoms with Gasteiger partial charge in [-0.3, -0.25) is 4.79 Å². The quantitative estimate of drug-likeness (QED) is 0.772. The highest BCUT2D eigenvalue weighted by molar-refractivity contribution is 7.17. The van der Waals surface area contributed by atoms with Crippen molar-refractivity contribution < 1.29 is 18.0 Å². The highest BCUT2D eigenvalue weighted by Crippen LogP contribution is 2.26. The molecule has 0 spiro atoms. The van der Waals surface area contributed by atoms with Crippen molar-refractivity contribution in [2.24, 2.45) is 0 Å². The molecule has 3 nitrogen and oxygen atoms in total. The maximum atomic E-state index is 12.2. The number of anilines is 1. The monoisotopic (exact) mass is 252 g/mol. The van der Waals surface area contributed by atoms with Gasteiger partial charge in [0.25, 0.3) is 0 Å². The van der Waals surface area contributed by atoms with E-state index in [9.17, 15) is 18.0 Å². The number of Topliss-reactive ketones (excluding diaryl/α,β-unsaturated/α-hetero) is 1. The van der Waals surface area contributed by atoms with E-state index >= 15 is 0 Å². The minimum atomic E-state index is -4.27. The molecule has 0 radical (unpaired) electrons. The summed E-state index contributed by atoms with van der Waals surface area (Å²) in [5, 5.41) is 0.227. The molecule has 0 aliphatic heterocycles. The van der Waals surface area contributed by atoms with E-state index in [-0.39, 0.29) is 17.5 Å². The molecule has 0 unspecified atom stereocenters. The van der Waals surface area contributed by atoms with Crippen molar-refractivity contribution in [3.05, 3.63) is 11.1 Å². The van der Waals surface area contributed by atoms with Crippen LogP contribution in [0, 0.1) is 0 Å². The van der Waals surface area contributed by atoms with Gasteiger partial charge >= 0.3 is 6.18 Å². The number of nitrogens with zero attached hydrogens (tertiary/aromatic N) is 2. The molecule has 0 N–H and O–H groups in total. The first-order valence-electron chi connectivity index (χ1n) is 4.62. The van der Waals surface area contributed by atoms with Crippen molar-refractivity contribution in [1.29, 1.82) is 0 Å². The number of rotatable bonds is 4. The molecule has 0 saturated carbocycles. The Bertz CT molecular complexity index is 375. The molecule has 1 aromatic rings. The van der Waals surface area contributed by atoms with Gasteiger partial charge in [-0.25, -0.2) is 4.98 Å². The molecule has 0 atom stereocenters. The largest absolute Gasteiger partial charge is 0.406 e. The summed E-state index contributed by atoms with van der Waals surface area (Å²) in [5.74, 6) is -0.188. The van der Waals surface area contributed by atoms with Crippen LogP contribution in [0.1, 0.15) is 23.5 Å². The van der Waals surface area contributed by atoms with E-state index in [0.717, 1.165) is 16.2 Å². The lowest BCUT2D eigenvalue weighted by Gasteiger charge is -2.20. The van der Waals surface area contributed by atoms with E-state index in [1.807, 2.05) is 0 Å². The number of halogens is 3. The minimum Gasteiger partial charge on any atom is -0.339 e. The smallest absolute Gasteiger partial charge is 0.339 e. The zero-order valence-corrected chi connectivity index (χ0v) is 9.65. The molecule has 1 rings (SSSR count). The van der Waals surface area contributed by atoms with Crippen LogP contribution >= 0.6 is 11.3 Å². The third-order valence-corrected chi connectivity index (χ3v) is 3.02. The first-order valence-corrected chi connectivity index (χ1v) is 5.43. The van der Waals surface area contributed by atoms with Gasteiger partial charge in [-0.1, -0.05) is 11.3 Å². The predicted octanol–water partition coefficient (Wildman–Crippen LogP) is 2.73. The molecule has 16 heavy (non-hydrogen) atoms. The van der Waals surface area contributed by atoms with Gasteiger partial charge in [-0.15, -0.1) is 0 Å². The fourth-order valence-electron chi connectivity index (χ4n) is 1.10. The lowest BCUT2D eigenvalue weighted by molar-refractivity contribution is -0.119. The fourth-order valence-corrected chi connectivity index (χ4v) is 1.98. The summed E-state index contributed by atoms with van der Waals surface area (Å²) >= 11 is 0.980. The zero-order chi connectivity index (χ0) is 12.3. The van der Waals surface area contributed by atoms with Gasteiger partial charge in [0, 0.05) is 13.5 Å². The summed E-state index contributed by atoms with van der Waals surface area (Å²) in [6.07, 6.45) is -2.96. The van der Waals surface area contributed by atoms with Crippen LogP contribution in [0.2, 0.25) is 0 Å². The summed E-state index contributed by atoms with van der Waals surface area (Å²) in [6, 6.07) is 0. The third kappa shape index (κ3) is 3.48. The van der Waals surface area contributed by atoms with Crippen LogP contribution in [0.25, 0.3) is 0 Å². The van der Waals surface area contributed by atoms with E-state index < -0.39 is 12.7 Å². The first-order chi connectivity index (χ1) is 7.33.